The number of benzene rings is 3. The minimum Gasteiger partial charge on any atom is -0.504 e. The van der Waals surface area contributed by atoms with Crippen molar-refractivity contribution < 1.29 is 15.0 Å². The molecule has 4 N–H and O–H groups in total. The molecule has 1 amide bonds. The standard InChI is InChI=1S/C36H46N6O3/c1-26-27(2)42(15-4-14-39-17-12-37-13-18-39)33-9-8-31(25-32(26)33)38-30-6-3-5-29(24-30)36(45)41-21-19-40(20-22-41)16-11-28-7-10-34(43)35(44)23-28/h3,5-10,23-25,37-38,43-44H,4,11-22H2,1-2H3. The van der Waals surface area contributed by atoms with Gasteiger partial charge >= 0.3 is 0 Å². The summed E-state index contributed by atoms with van der Waals surface area (Å²) in [6.07, 6.45) is 1.92. The number of phenols is 2. The molecule has 0 saturated carbocycles. The Balaban J connectivity index is 1.04. The summed E-state index contributed by atoms with van der Waals surface area (Å²) < 4.78 is 2.47. The van der Waals surface area contributed by atoms with Crippen LogP contribution in [0.5, 0.6) is 11.5 Å². The Bertz CT molecular complexity index is 1640. The largest absolute Gasteiger partial charge is 0.504 e. The topological polar surface area (TPSA) is 96.2 Å². The van der Waals surface area contributed by atoms with E-state index < -0.39 is 0 Å². The average molecular weight is 611 g/mol. The maximum absolute atomic E-state index is 13.4. The van der Waals surface area contributed by atoms with Gasteiger partial charge in [-0.15, -0.1) is 0 Å². The van der Waals surface area contributed by atoms with Crippen LogP contribution in [-0.2, 0) is 13.0 Å². The Morgan fingerprint density at radius 2 is 1.56 bits per heavy atom. The van der Waals surface area contributed by atoms with E-state index in [4.69, 9.17) is 0 Å². The van der Waals surface area contributed by atoms with E-state index >= 15 is 0 Å². The smallest absolute Gasteiger partial charge is 0.254 e. The van der Waals surface area contributed by atoms with E-state index in [1.54, 1.807) is 6.07 Å². The number of phenolic OH excluding ortho intramolecular Hbond substituents is 2. The molecule has 0 spiro atoms. The minimum absolute atomic E-state index is 0.0570. The first-order valence-electron chi connectivity index (χ1n) is 16.3. The summed E-state index contributed by atoms with van der Waals surface area (Å²) in [4.78, 5) is 20.3. The molecule has 3 aromatic carbocycles. The predicted molar refractivity (Wildman–Crippen MR) is 181 cm³/mol. The Hall–Kier alpha value is -4.05. The Labute approximate surface area is 266 Å². The molecule has 2 aliphatic heterocycles. The van der Waals surface area contributed by atoms with E-state index in [1.807, 2.05) is 35.2 Å². The highest BCUT2D eigenvalue weighted by atomic mass is 16.3. The zero-order chi connectivity index (χ0) is 31.3. The molecule has 0 bridgehead atoms. The Kier molecular flexibility index (Phi) is 9.59. The van der Waals surface area contributed by atoms with E-state index in [9.17, 15) is 15.0 Å². The van der Waals surface area contributed by atoms with Crippen LogP contribution < -0.4 is 10.6 Å². The highest BCUT2D eigenvalue weighted by Crippen LogP contribution is 2.30. The average Bonchev–Trinajstić information content (AvgIpc) is 3.30. The van der Waals surface area contributed by atoms with Gasteiger partial charge in [0.1, 0.15) is 0 Å². The fourth-order valence-electron chi connectivity index (χ4n) is 6.67. The van der Waals surface area contributed by atoms with Crippen molar-refractivity contribution in [1.82, 2.24) is 24.6 Å². The second kappa shape index (κ2) is 13.9. The Morgan fingerprint density at radius 1 is 0.800 bits per heavy atom. The number of aryl methyl sites for hydroxylation is 2. The van der Waals surface area contributed by atoms with Crippen LogP contribution >= 0.6 is 0 Å². The van der Waals surface area contributed by atoms with E-state index in [0.29, 0.717) is 18.7 Å². The van der Waals surface area contributed by atoms with Crippen LogP contribution in [0, 0.1) is 13.8 Å². The van der Waals surface area contributed by atoms with Gasteiger partial charge in [0, 0.05) is 99.0 Å². The molecule has 2 saturated heterocycles. The molecule has 3 heterocycles. The zero-order valence-corrected chi connectivity index (χ0v) is 26.6. The van der Waals surface area contributed by atoms with Gasteiger partial charge in [-0.25, -0.2) is 0 Å². The number of amides is 1. The quantitative estimate of drug-likeness (QED) is 0.193. The lowest BCUT2D eigenvalue weighted by molar-refractivity contribution is 0.0638. The van der Waals surface area contributed by atoms with Crippen LogP contribution in [0.25, 0.3) is 10.9 Å². The third kappa shape index (κ3) is 7.27. The lowest BCUT2D eigenvalue weighted by Gasteiger charge is -2.34. The summed E-state index contributed by atoms with van der Waals surface area (Å²) in [5.74, 6) is -0.128. The molecule has 4 aromatic rings. The van der Waals surface area contributed by atoms with Crippen molar-refractivity contribution >= 4 is 28.2 Å². The molecule has 6 rings (SSSR count). The van der Waals surface area contributed by atoms with Crippen molar-refractivity contribution in [2.45, 2.75) is 33.2 Å². The van der Waals surface area contributed by atoms with Crippen molar-refractivity contribution in [3.63, 3.8) is 0 Å². The normalized spacial score (nSPS) is 16.4. The molecule has 9 nitrogen and oxygen atoms in total. The second-order valence-corrected chi connectivity index (χ2v) is 12.5. The fourth-order valence-corrected chi connectivity index (χ4v) is 6.67. The number of piperazine rings is 2. The molecular formula is C36H46N6O3. The number of anilines is 2. The summed E-state index contributed by atoms with van der Waals surface area (Å²) >= 11 is 0. The summed E-state index contributed by atoms with van der Waals surface area (Å²) in [6, 6.07) is 19.4. The molecule has 45 heavy (non-hydrogen) atoms. The number of aromatic nitrogens is 1. The number of rotatable bonds is 10. The number of carbonyl (C=O) groups is 1. The second-order valence-electron chi connectivity index (χ2n) is 12.5. The minimum atomic E-state index is -0.0984. The molecule has 1 aromatic heterocycles. The molecule has 0 unspecified atom stereocenters. The van der Waals surface area contributed by atoms with Crippen molar-refractivity contribution in [2.75, 3.05) is 70.8 Å². The van der Waals surface area contributed by atoms with E-state index in [-0.39, 0.29) is 17.4 Å². The van der Waals surface area contributed by atoms with Gasteiger partial charge in [0.2, 0.25) is 0 Å². The van der Waals surface area contributed by atoms with Gasteiger partial charge in [0.25, 0.3) is 5.91 Å². The molecule has 238 valence electrons. The van der Waals surface area contributed by atoms with Gasteiger partial charge in [-0.1, -0.05) is 12.1 Å². The van der Waals surface area contributed by atoms with Crippen LogP contribution in [0.2, 0.25) is 0 Å². The molecule has 2 aliphatic rings. The van der Waals surface area contributed by atoms with E-state index in [0.717, 1.165) is 88.7 Å². The first-order valence-corrected chi connectivity index (χ1v) is 16.3. The third-order valence-electron chi connectivity index (χ3n) is 9.52. The fraction of sp³-hybridized carbons (Fsp3) is 0.417. The highest BCUT2D eigenvalue weighted by Gasteiger charge is 2.22. The zero-order valence-electron chi connectivity index (χ0n) is 26.6. The Morgan fingerprint density at radius 3 is 2.33 bits per heavy atom. The number of nitrogens with one attached hydrogen (secondary N) is 2. The lowest BCUT2D eigenvalue weighted by Crippen LogP contribution is -2.49. The van der Waals surface area contributed by atoms with Gasteiger partial charge in [-0.05, 0) is 92.9 Å². The van der Waals surface area contributed by atoms with Gasteiger partial charge in [-0.3, -0.25) is 9.69 Å². The molecule has 0 aliphatic carbocycles. The van der Waals surface area contributed by atoms with Crippen LogP contribution in [0.3, 0.4) is 0 Å². The van der Waals surface area contributed by atoms with E-state index in [2.05, 4.69) is 57.0 Å². The first kappa shape index (κ1) is 31.0. The van der Waals surface area contributed by atoms with Crippen LogP contribution in [0.4, 0.5) is 11.4 Å². The summed E-state index contributed by atoms with van der Waals surface area (Å²) in [5.41, 5.74) is 7.52. The number of nitrogens with zero attached hydrogens (tertiary/aromatic N) is 4. The van der Waals surface area contributed by atoms with Crippen molar-refractivity contribution in [3.05, 3.63) is 83.0 Å². The molecule has 2 fully saturated rings. The predicted octanol–water partition coefficient (Wildman–Crippen LogP) is 4.71. The van der Waals surface area contributed by atoms with Gasteiger partial charge in [0.05, 0.1) is 0 Å². The first-order chi connectivity index (χ1) is 21.9. The maximum Gasteiger partial charge on any atom is 0.254 e. The maximum atomic E-state index is 13.4. The van der Waals surface area contributed by atoms with Gasteiger partial charge in [0.15, 0.2) is 11.5 Å². The highest BCUT2D eigenvalue weighted by molar-refractivity contribution is 5.95. The van der Waals surface area contributed by atoms with Crippen LogP contribution in [0.1, 0.15) is 33.6 Å². The number of aromatic hydroxyl groups is 2. The van der Waals surface area contributed by atoms with Gasteiger partial charge < -0.3 is 35.2 Å². The molecule has 0 atom stereocenters. The van der Waals surface area contributed by atoms with Crippen molar-refractivity contribution in [2.24, 2.45) is 0 Å². The van der Waals surface area contributed by atoms with Crippen LogP contribution in [0.15, 0.2) is 60.7 Å². The van der Waals surface area contributed by atoms with Crippen molar-refractivity contribution in [3.8, 4) is 11.5 Å². The van der Waals surface area contributed by atoms with Crippen molar-refractivity contribution in [1.29, 1.82) is 0 Å². The summed E-state index contributed by atoms with van der Waals surface area (Å²) in [6.45, 7) is 14.9. The molecule has 9 heteroatoms. The number of fused-ring (bicyclic) bond motifs is 1. The molecule has 0 radical (unpaired) electrons. The SMILES string of the molecule is Cc1c(C)n(CCCN2CCNCC2)c2ccc(Nc3cccc(C(=O)N4CCN(CCc5ccc(O)c(O)c5)CC4)c3)cc12. The number of carbonyl (C=O) groups excluding carboxylic acids is 1. The summed E-state index contributed by atoms with van der Waals surface area (Å²) in [7, 11) is 0. The summed E-state index contributed by atoms with van der Waals surface area (Å²) in [5, 5.41) is 27.5. The number of hydrogen-bond donors (Lipinski definition) is 4. The number of hydrogen-bond acceptors (Lipinski definition) is 7. The third-order valence-corrected chi connectivity index (χ3v) is 9.52. The van der Waals surface area contributed by atoms with E-state index in [1.165, 1.54) is 28.2 Å². The monoisotopic (exact) mass is 610 g/mol. The van der Waals surface area contributed by atoms with Gasteiger partial charge in [-0.2, -0.15) is 0 Å². The van der Waals surface area contributed by atoms with Crippen LogP contribution in [-0.4, -0.2) is 101 Å². The lowest BCUT2D eigenvalue weighted by atomic mass is 10.1. The molecular weight excluding hydrogens is 564 g/mol.